The van der Waals surface area contributed by atoms with E-state index in [2.05, 4.69) is 0 Å². The van der Waals surface area contributed by atoms with Crippen LogP contribution in [0.15, 0.2) is 42.5 Å². The minimum atomic E-state index is -3.15. The number of carbonyl (C=O) groups is 1. The fourth-order valence-corrected chi connectivity index (χ4v) is 3.43. The van der Waals surface area contributed by atoms with E-state index in [1.807, 2.05) is 0 Å². The standard InChI is InChI=1S/C18H18Cl2O3S/c1-12(2)24(22,23)11-13-3-6-15(7-4-13)18(21)10-14-5-8-16(19)17(20)9-14/h3-9,12H,10-11H2,1-2H3. The predicted molar refractivity (Wildman–Crippen MR) is 98.7 cm³/mol. The molecule has 0 fully saturated rings. The van der Waals surface area contributed by atoms with Crippen LogP contribution in [0.25, 0.3) is 0 Å². The molecular weight excluding hydrogens is 367 g/mol. The molecule has 2 aromatic rings. The van der Waals surface area contributed by atoms with Crippen LogP contribution in [0, 0.1) is 0 Å². The number of hydrogen-bond acceptors (Lipinski definition) is 3. The van der Waals surface area contributed by atoms with Crippen LogP contribution in [0.1, 0.15) is 35.3 Å². The summed E-state index contributed by atoms with van der Waals surface area (Å²) in [6, 6.07) is 11.8. The van der Waals surface area contributed by atoms with Crippen LogP contribution >= 0.6 is 23.2 Å². The maximum atomic E-state index is 12.3. The smallest absolute Gasteiger partial charge is 0.167 e. The maximum absolute atomic E-state index is 12.3. The Morgan fingerprint density at radius 2 is 1.54 bits per heavy atom. The molecule has 0 unspecified atom stereocenters. The Bertz CT molecular complexity index is 841. The summed E-state index contributed by atoms with van der Waals surface area (Å²) in [5, 5.41) is 0.438. The minimum Gasteiger partial charge on any atom is -0.294 e. The number of halogens is 2. The molecule has 0 N–H and O–H groups in total. The number of benzene rings is 2. The molecule has 2 aromatic carbocycles. The van der Waals surface area contributed by atoms with Crippen molar-refractivity contribution in [2.24, 2.45) is 0 Å². The minimum absolute atomic E-state index is 0.0219. The second kappa shape index (κ2) is 7.68. The molecule has 0 aromatic heterocycles. The lowest BCUT2D eigenvalue weighted by Gasteiger charge is -2.08. The lowest BCUT2D eigenvalue weighted by molar-refractivity contribution is 0.0993. The van der Waals surface area contributed by atoms with E-state index >= 15 is 0 Å². The molecule has 128 valence electrons. The van der Waals surface area contributed by atoms with Gasteiger partial charge >= 0.3 is 0 Å². The van der Waals surface area contributed by atoms with Gasteiger partial charge in [-0.05, 0) is 37.1 Å². The van der Waals surface area contributed by atoms with Crippen molar-refractivity contribution in [1.82, 2.24) is 0 Å². The quantitative estimate of drug-likeness (QED) is 0.675. The van der Waals surface area contributed by atoms with Crippen LogP contribution in [0.3, 0.4) is 0 Å². The van der Waals surface area contributed by atoms with Gasteiger partial charge in [-0.1, -0.05) is 53.5 Å². The summed E-state index contributed by atoms with van der Waals surface area (Å²) in [5.41, 5.74) is 1.99. The Hall–Kier alpha value is -1.36. The lowest BCUT2D eigenvalue weighted by Crippen LogP contribution is -2.16. The number of hydrogen-bond donors (Lipinski definition) is 0. The van der Waals surface area contributed by atoms with Gasteiger partial charge in [0.1, 0.15) is 0 Å². The van der Waals surface area contributed by atoms with Gasteiger partial charge in [-0.2, -0.15) is 0 Å². The fourth-order valence-electron chi connectivity index (χ4n) is 2.12. The molecule has 0 aliphatic rings. The third-order valence-electron chi connectivity index (χ3n) is 3.71. The summed E-state index contributed by atoms with van der Waals surface area (Å²) >= 11 is 11.8. The first kappa shape index (κ1) is 19.0. The van der Waals surface area contributed by atoms with Gasteiger partial charge in [-0.25, -0.2) is 8.42 Å². The molecule has 24 heavy (non-hydrogen) atoms. The van der Waals surface area contributed by atoms with Crippen molar-refractivity contribution in [3.8, 4) is 0 Å². The van der Waals surface area contributed by atoms with Crippen LogP contribution in [0.2, 0.25) is 10.0 Å². The van der Waals surface area contributed by atoms with Gasteiger partial charge in [0.25, 0.3) is 0 Å². The van der Waals surface area contributed by atoms with E-state index in [0.717, 1.165) is 5.56 Å². The van der Waals surface area contributed by atoms with Gasteiger partial charge in [0.15, 0.2) is 15.6 Å². The van der Waals surface area contributed by atoms with Crippen molar-refractivity contribution in [2.75, 3.05) is 0 Å². The van der Waals surface area contributed by atoms with Crippen LogP contribution in [-0.2, 0) is 22.0 Å². The molecule has 0 heterocycles. The predicted octanol–water partition coefficient (Wildman–Crippen LogP) is 4.74. The van der Waals surface area contributed by atoms with E-state index in [-0.39, 0.29) is 18.0 Å². The number of sulfone groups is 1. The highest BCUT2D eigenvalue weighted by molar-refractivity contribution is 7.91. The molecule has 0 saturated heterocycles. The van der Waals surface area contributed by atoms with Gasteiger partial charge < -0.3 is 0 Å². The van der Waals surface area contributed by atoms with Crippen LogP contribution in [-0.4, -0.2) is 19.5 Å². The SMILES string of the molecule is CC(C)S(=O)(=O)Cc1ccc(C(=O)Cc2ccc(Cl)c(Cl)c2)cc1. The molecule has 0 bridgehead atoms. The summed E-state index contributed by atoms with van der Waals surface area (Å²) in [5.74, 6) is -0.0852. The number of rotatable bonds is 6. The topological polar surface area (TPSA) is 51.2 Å². The number of ketones is 1. The zero-order valence-electron chi connectivity index (χ0n) is 13.4. The molecule has 2 rings (SSSR count). The highest BCUT2D eigenvalue weighted by atomic mass is 35.5. The molecule has 0 radical (unpaired) electrons. The van der Waals surface area contributed by atoms with Crippen molar-refractivity contribution in [1.29, 1.82) is 0 Å². The molecule has 3 nitrogen and oxygen atoms in total. The zero-order chi connectivity index (χ0) is 17.9. The fraction of sp³-hybridized carbons (Fsp3) is 0.278. The van der Waals surface area contributed by atoms with Gasteiger partial charge in [-0.3, -0.25) is 4.79 Å². The summed E-state index contributed by atoms with van der Waals surface area (Å²) in [6.45, 7) is 3.31. The maximum Gasteiger partial charge on any atom is 0.167 e. The van der Waals surface area contributed by atoms with Crippen molar-refractivity contribution in [3.63, 3.8) is 0 Å². The van der Waals surface area contributed by atoms with Crippen molar-refractivity contribution in [2.45, 2.75) is 31.3 Å². The third-order valence-corrected chi connectivity index (χ3v) is 6.62. The first-order valence-corrected chi connectivity index (χ1v) is 9.94. The van der Waals surface area contributed by atoms with Crippen molar-refractivity contribution in [3.05, 3.63) is 69.2 Å². The lowest BCUT2D eigenvalue weighted by atomic mass is 10.0. The Morgan fingerprint density at radius 3 is 2.08 bits per heavy atom. The van der Waals surface area contributed by atoms with E-state index in [0.29, 0.717) is 21.2 Å². The second-order valence-corrected chi connectivity index (χ2v) is 9.27. The molecule has 0 aliphatic heterocycles. The molecular formula is C18H18Cl2O3S. The van der Waals surface area contributed by atoms with Gasteiger partial charge in [0.05, 0.1) is 21.0 Å². The molecule has 0 atom stereocenters. The Morgan fingerprint density at radius 1 is 0.958 bits per heavy atom. The second-order valence-electron chi connectivity index (χ2n) is 5.90. The average molecular weight is 385 g/mol. The van der Waals surface area contributed by atoms with Gasteiger partial charge in [-0.15, -0.1) is 0 Å². The molecule has 0 saturated carbocycles. The normalized spacial score (nSPS) is 11.7. The van der Waals surface area contributed by atoms with Gasteiger partial charge in [0, 0.05) is 12.0 Å². The Kier molecular flexibility index (Phi) is 6.07. The van der Waals surface area contributed by atoms with Crippen molar-refractivity contribution >= 4 is 38.8 Å². The molecule has 0 amide bonds. The van der Waals surface area contributed by atoms with Crippen LogP contribution in [0.4, 0.5) is 0 Å². The highest BCUT2D eigenvalue weighted by Crippen LogP contribution is 2.23. The van der Waals surface area contributed by atoms with Crippen molar-refractivity contribution < 1.29 is 13.2 Å². The Labute approximate surface area is 152 Å². The molecule has 0 spiro atoms. The molecule has 0 aliphatic carbocycles. The van der Waals surface area contributed by atoms with Crippen LogP contribution in [0.5, 0.6) is 0 Å². The van der Waals surface area contributed by atoms with E-state index < -0.39 is 15.1 Å². The number of Topliss-reactive ketones (excluding diaryl/α,β-unsaturated/α-hetero) is 1. The van der Waals surface area contributed by atoms with E-state index in [4.69, 9.17) is 23.2 Å². The van der Waals surface area contributed by atoms with E-state index in [1.54, 1.807) is 56.3 Å². The van der Waals surface area contributed by atoms with E-state index in [1.165, 1.54) is 0 Å². The summed E-state index contributed by atoms with van der Waals surface area (Å²) in [6.07, 6.45) is 0.209. The average Bonchev–Trinajstić information content (AvgIpc) is 2.51. The first-order valence-electron chi connectivity index (χ1n) is 7.46. The monoisotopic (exact) mass is 384 g/mol. The largest absolute Gasteiger partial charge is 0.294 e. The zero-order valence-corrected chi connectivity index (χ0v) is 15.8. The van der Waals surface area contributed by atoms with Gasteiger partial charge in [0.2, 0.25) is 0 Å². The number of carbonyl (C=O) groups excluding carboxylic acids is 1. The van der Waals surface area contributed by atoms with E-state index in [9.17, 15) is 13.2 Å². The molecule has 6 heteroatoms. The third kappa shape index (κ3) is 4.82. The highest BCUT2D eigenvalue weighted by Gasteiger charge is 2.17. The summed E-state index contributed by atoms with van der Waals surface area (Å²) in [7, 11) is -3.15. The first-order chi connectivity index (χ1) is 11.2. The van der Waals surface area contributed by atoms with Crippen LogP contribution < -0.4 is 0 Å². The summed E-state index contributed by atoms with van der Waals surface area (Å²) < 4.78 is 23.9. The summed E-state index contributed by atoms with van der Waals surface area (Å²) in [4.78, 5) is 12.3. The Balaban J connectivity index is 2.10.